The van der Waals surface area contributed by atoms with Crippen LogP contribution in [0.1, 0.15) is 0 Å². The third-order valence-electron chi connectivity index (χ3n) is 4.27. The molecule has 0 spiro atoms. The number of aliphatic imine (C=N–C) groups is 2. The quantitative estimate of drug-likeness (QED) is 0.644. The van der Waals surface area contributed by atoms with Gasteiger partial charge in [-0.2, -0.15) is 0 Å². The first-order valence-electron chi connectivity index (χ1n) is 8.09. The van der Waals surface area contributed by atoms with Gasteiger partial charge in [-0.15, -0.1) is 0 Å². The van der Waals surface area contributed by atoms with Gasteiger partial charge in [0, 0.05) is 39.5 Å². The van der Waals surface area contributed by atoms with Gasteiger partial charge in [0.1, 0.15) is 6.04 Å². The van der Waals surface area contributed by atoms with Crippen LogP contribution < -0.4 is 16.0 Å². The van der Waals surface area contributed by atoms with E-state index >= 15 is 0 Å². The topological polar surface area (TPSA) is 69.6 Å². The van der Waals surface area contributed by atoms with Crippen LogP contribution in [-0.4, -0.2) is 28.2 Å². The molecule has 1 unspecified atom stereocenters. The van der Waals surface area contributed by atoms with Gasteiger partial charge >= 0.3 is 0 Å². The number of hydrogen-bond donors (Lipinski definition) is 2. The van der Waals surface area contributed by atoms with E-state index in [0.717, 1.165) is 39.2 Å². The van der Waals surface area contributed by atoms with Gasteiger partial charge in [0.15, 0.2) is 5.78 Å². The van der Waals surface area contributed by atoms with Crippen molar-refractivity contribution < 1.29 is 21.9 Å². The summed E-state index contributed by atoms with van der Waals surface area (Å²) in [6.45, 7) is 0. The summed E-state index contributed by atoms with van der Waals surface area (Å²) in [6.07, 6.45) is 17.1. The molecule has 0 aromatic carbocycles. The molecule has 4 aliphatic rings. The molecule has 5 nitrogen and oxygen atoms in total. The van der Waals surface area contributed by atoms with Crippen molar-refractivity contribution >= 4 is 29.4 Å². The first-order valence-corrected chi connectivity index (χ1v) is 8.09. The fraction of sp³-hybridized carbons (Fsp3) is 0.0500. The first kappa shape index (κ1) is 16.5. The maximum absolute atomic E-state index is 12.2. The zero-order chi connectivity index (χ0) is 16.8. The number of H-pyrrole nitrogens is 1. The zero-order valence-corrected chi connectivity index (χ0v) is 14.5. The van der Waals surface area contributed by atoms with E-state index < -0.39 is 0 Å². The van der Waals surface area contributed by atoms with E-state index in [-0.39, 0.29) is 28.9 Å². The molecule has 0 fully saturated rings. The number of aromatic nitrogens is 1. The Balaban J connectivity index is 0.00000168. The number of ketones is 1. The molecule has 1 aromatic heterocycles. The van der Waals surface area contributed by atoms with Crippen molar-refractivity contribution in [3.63, 3.8) is 0 Å². The second kappa shape index (κ2) is 6.41. The van der Waals surface area contributed by atoms with Crippen molar-refractivity contribution in [1.82, 2.24) is 10.3 Å². The van der Waals surface area contributed by atoms with Crippen molar-refractivity contribution in [2.75, 3.05) is 0 Å². The van der Waals surface area contributed by atoms with Crippen LogP contribution in [0.25, 0.3) is 12.2 Å². The second-order valence-corrected chi connectivity index (χ2v) is 6.18. The van der Waals surface area contributed by atoms with E-state index in [1.165, 1.54) is 0 Å². The van der Waals surface area contributed by atoms with E-state index in [2.05, 4.69) is 20.3 Å². The summed E-state index contributed by atoms with van der Waals surface area (Å²) in [7, 11) is 0. The summed E-state index contributed by atoms with van der Waals surface area (Å²) in [6, 6.07) is 3.64. The Kier molecular flexibility index (Phi) is 4.07. The minimum absolute atomic E-state index is 0. The zero-order valence-electron chi connectivity index (χ0n) is 13.5. The van der Waals surface area contributed by atoms with Crippen molar-refractivity contribution in [2.45, 2.75) is 6.04 Å². The summed E-state index contributed by atoms with van der Waals surface area (Å²) < 4.78 is 0. The van der Waals surface area contributed by atoms with Crippen LogP contribution in [0, 0.1) is 0 Å². The number of nitrogens with one attached hydrogen (secondary N) is 2. The smallest absolute Gasteiger partial charge is 0.183 e. The van der Waals surface area contributed by atoms with E-state index in [9.17, 15) is 4.79 Å². The minimum Gasteiger partial charge on any atom is -0.372 e. The summed E-state index contributed by atoms with van der Waals surface area (Å²) in [4.78, 5) is 24.7. The third-order valence-corrected chi connectivity index (χ3v) is 4.27. The number of aromatic amines is 1. The summed E-state index contributed by atoms with van der Waals surface area (Å²) >= 11 is 0. The van der Waals surface area contributed by atoms with Gasteiger partial charge < -0.3 is 10.3 Å². The van der Waals surface area contributed by atoms with Crippen molar-refractivity contribution in [3.05, 3.63) is 82.5 Å². The Morgan fingerprint density at radius 1 is 0.808 bits per heavy atom. The molecule has 131 valence electrons. The predicted molar refractivity (Wildman–Crippen MR) is 98.3 cm³/mol. The number of carbonyl (C=O) groups excluding carboxylic acids is 1. The Hall–Kier alpha value is -2.95. The molecule has 1 atom stereocenters. The van der Waals surface area contributed by atoms with E-state index in [0.29, 0.717) is 0 Å². The molecule has 1 aromatic rings. The normalized spacial score (nSPS) is 22.2. The van der Waals surface area contributed by atoms with Crippen molar-refractivity contribution in [1.29, 1.82) is 0 Å². The Morgan fingerprint density at radius 2 is 1.46 bits per heavy atom. The number of carbonyl (C=O) groups is 1. The summed E-state index contributed by atoms with van der Waals surface area (Å²) in [5, 5.41) is 5.17. The SMILES string of the molecule is O=C1C=C2C=C3C=CC(=N3)C=c3ccc([nH]3)=CC3=NC(=CC1N2)C=C3.[Cu]. The molecule has 0 amide bonds. The summed E-state index contributed by atoms with van der Waals surface area (Å²) in [5.74, 6) is 0.0241. The van der Waals surface area contributed by atoms with E-state index in [1.807, 2.05) is 60.7 Å². The van der Waals surface area contributed by atoms with Gasteiger partial charge in [-0.1, -0.05) is 0 Å². The van der Waals surface area contributed by atoms with Gasteiger partial charge in [0.2, 0.25) is 0 Å². The minimum atomic E-state index is -0.389. The first-order chi connectivity index (χ1) is 12.2. The number of allylic oxidation sites excluding steroid dienone is 5. The van der Waals surface area contributed by atoms with Gasteiger partial charge in [0.05, 0.1) is 22.8 Å². The van der Waals surface area contributed by atoms with Crippen molar-refractivity contribution in [2.24, 2.45) is 9.98 Å². The Labute approximate surface area is 160 Å². The molecule has 26 heavy (non-hydrogen) atoms. The largest absolute Gasteiger partial charge is 0.372 e. The fourth-order valence-electron chi connectivity index (χ4n) is 3.11. The van der Waals surface area contributed by atoms with Gasteiger partial charge in [-0.3, -0.25) is 4.79 Å². The number of nitrogens with zero attached hydrogens (tertiary/aromatic N) is 2. The molecule has 5 rings (SSSR count). The van der Waals surface area contributed by atoms with Crippen LogP contribution in [-0.2, 0) is 21.9 Å². The van der Waals surface area contributed by atoms with Gasteiger partial charge in [-0.25, -0.2) is 9.98 Å². The van der Waals surface area contributed by atoms with Crippen LogP contribution in [0.2, 0.25) is 0 Å². The molecule has 0 saturated heterocycles. The molecule has 6 heteroatoms. The maximum atomic E-state index is 12.2. The van der Waals surface area contributed by atoms with Crippen LogP contribution in [0.3, 0.4) is 0 Å². The molecule has 5 heterocycles. The molecule has 0 aliphatic carbocycles. The molecule has 0 saturated carbocycles. The molecule has 1 radical (unpaired) electrons. The molecular formula is C20H14CuN4O. The Bertz CT molecular complexity index is 1140. The monoisotopic (exact) mass is 389 g/mol. The Morgan fingerprint density at radius 3 is 2.19 bits per heavy atom. The van der Waals surface area contributed by atoms with Crippen LogP contribution in [0.15, 0.2) is 81.7 Å². The number of rotatable bonds is 0. The van der Waals surface area contributed by atoms with E-state index in [1.54, 1.807) is 6.08 Å². The number of fused-ring (bicyclic) bond motifs is 6. The average molecular weight is 390 g/mol. The van der Waals surface area contributed by atoms with Crippen molar-refractivity contribution in [3.8, 4) is 0 Å². The summed E-state index contributed by atoms with van der Waals surface area (Å²) in [5.41, 5.74) is 4.09. The standard InChI is InChI=1S/C20H14N4O.Cu/c25-20-11-18-9-16-4-3-14(22-16)7-12-1-2-13(21-12)8-15-5-6-17(23-15)10-19(20)24-18;/h1-11,19,21,24H;. The van der Waals surface area contributed by atoms with E-state index in [4.69, 9.17) is 0 Å². The van der Waals surface area contributed by atoms with Gasteiger partial charge in [-0.05, 0) is 60.7 Å². The maximum Gasteiger partial charge on any atom is 0.183 e. The van der Waals surface area contributed by atoms with Crippen LogP contribution >= 0.6 is 0 Å². The second-order valence-electron chi connectivity index (χ2n) is 6.18. The predicted octanol–water partition coefficient (Wildman–Crippen LogP) is 0.801. The fourth-order valence-corrected chi connectivity index (χ4v) is 3.11. The van der Waals surface area contributed by atoms with Gasteiger partial charge in [0.25, 0.3) is 0 Å². The molecular weight excluding hydrogens is 376 g/mol. The van der Waals surface area contributed by atoms with Crippen LogP contribution in [0.5, 0.6) is 0 Å². The third kappa shape index (κ3) is 3.12. The number of hydrogen-bond acceptors (Lipinski definition) is 4. The molecule has 8 bridgehead atoms. The molecule has 2 N–H and O–H groups in total. The average Bonchev–Trinajstić information content (AvgIpc) is 3.33. The van der Waals surface area contributed by atoms with Crippen LogP contribution in [0.4, 0.5) is 0 Å². The molecule has 4 aliphatic heterocycles.